The van der Waals surface area contributed by atoms with Crippen LogP contribution in [0.25, 0.3) is 0 Å². The number of nitrogens with one attached hydrogen (secondary N) is 1. The molecule has 0 fully saturated rings. The summed E-state index contributed by atoms with van der Waals surface area (Å²) in [5.41, 5.74) is 6.43. The van der Waals surface area contributed by atoms with Crippen molar-refractivity contribution in [3.63, 3.8) is 0 Å². The molecular formula is C11H18N2OS. The molecule has 4 heteroatoms. The minimum atomic E-state index is -0.256. The molecule has 1 unspecified atom stereocenters. The fourth-order valence-electron chi connectivity index (χ4n) is 1.52. The van der Waals surface area contributed by atoms with Crippen LogP contribution in [0.2, 0.25) is 0 Å². The van der Waals surface area contributed by atoms with Crippen LogP contribution in [0, 0.1) is 13.8 Å². The van der Waals surface area contributed by atoms with E-state index in [0.29, 0.717) is 6.42 Å². The normalized spacial score (nSPS) is 12.7. The molecule has 3 N–H and O–H groups in total. The predicted octanol–water partition coefficient (Wildman–Crippen LogP) is 1.72. The number of aryl methyl sites for hydroxylation is 2. The first-order valence-corrected chi connectivity index (χ1v) is 5.88. The highest BCUT2D eigenvalue weighted by molar-refractivity contribution is 7.12. The maximum atomic E-state index is 10.7. The van der Waals surface area contributed by atoms with E-state index in [0.717, 1.165) is 6.54 Å². The lowest BCUT2D eigenvalue weighted by Gasteiger charge is -2.11. The summed E-state index contributed by atoms with van der Waals surface area (Å²) in [4.78, 5) is 13.3. The van der Waals surface area contributed by atoms with Gasteiger partial charge in [0.15, 0.2) is 0 Å². The van der Waals surface area contributed by atoms with E-state index in [-0.39, 0.29) is 11.9 Å². The smallest absolute Gasteiger partial charge is 0.218 e. The second-order valence-electron chi connectivity index (χ2n) is 3.89. The highest BCUT2D eigenvalue weighted by Gasteiger charge is 2.07. The van der Waals surface area contributed by atoms with Crippen LogP contribution >= 0.6 is 11.3 Å². The number of hydrogen-bond donors (Lipinski definition) is 2. The molecule has 1 aromatic heterocycles. The highest BCUT2D eigenvalue weighted by Crippen LogP contribution is 2.20. The summed E-state index contributed by atoms with van der Waals surface area (Å²) in [5.74, 6) is -0.256. The fourth-order valence-corrected chi connectivity index (χ4v) is 2.46. The number of primary amides is 1. The lowest BCUT2D eigenvalue weighted by molar-refractivity contribution is -0.118. The van der Waals surface area contributed by atoms with Gasteiger partial charge in [0, 0.05) is 28.8 Å². The molecule has 1 amide bonds. The zero-order valence-electron chi connectivity index (χ0n) is 9.46. The second kappa shape index (κ2) is 5.28. The summed E-state index contributed by atoms with van der Waals surface area (Å²) in [6.45, 7) is 7.01. The Labute approximate surface area is 94.7 Å². The average molecular weight is 226 g/mol. The van der Waals surface area contributed by atoms with Gasteiger partial charge in [-0.3, -0.25) is 4.79 Å². The third-order valence-corrected chi connectivity index (χ3v) is 3.30. The Hall–Kier alpha value is -0.870. The minimum Gasteiger partial charge on any atom is -0.370 e. The van der Waals surface area contributed by atoms with Crippen LogP contribution in [0.5, 0.6) is 0 Å². The summed E-state index contributed by atoms with van der Waals surface area (Å²) < 4.78 is 0. The van der Waals surface area contributed by atoms with Gasteiger partial charge >= 0.3 is 0 Å². The van der Waals surface area contributed by atoms with Crippen molar-refractivity contribution in [2.45, 2.75) is 39.8 Å². The quantitative estimate of drug-likeness (QED) is 0.803. The van der Waals surface area contributed by atoms with Gasteiger partial charge in [-0.25, -0.2) is 0 Å². The molecular weight excluding hydrogens is 208 g/mol. The van der Waals surface area contributed by atoms with Crippen LogP contribution < -0.4 is 11.1 Å². The van der Waals surface area contributed by atoms with Gasteiger partial charge in [-0.15, -0.1) is 11.3 Å². The Morgan fingerprint density at radius 3 is 2.73 bits per heavy atom. The average Bonchev–Trinajstić information content (AvgIpc) is 2.40. The molecule has 15 heavy (non-hydrogen) atoms. The minimum absolute atomic E-state index is 0.141. The van der Waals surface area contributed by atoms with Crippen LogP contribution in [0.15, 0.2) is 6.07 Å². The van der Waals surface area contributed by atoms with E-state index in [4.69, 9.17) is 5.73 Å². The van der Waals surface area contributed by atoms with Gasteiger partial charge in [0.2, 0.25) is 5.91 Å². The van der Waals surface area contributed by atoms with E-state index in [2.05, 4.69) is 25.2 Å². The standard InChI is InChI=1S/C11H18N2OS/c1-7(4-11(12)14)13-6-10-5-8(2)15-9(10)3/h5,7,13H,4,6H2,1-3H3,(H2,12,14). The summed E-state index contributed by atoms with van der Waals surface area (Å²) in [6.07, 6.45) is 0.391. The molecule has 0 bridgehead atoms. The number of rotatable bonds is 5. The van der Waals surface area contributed by atoms with Gasteiger partial charge in [0.05, 0.1) is 0 Å². The zero-order chi connectivity index (χ0) is 11.4. The Kier molecular flexibility index (Phi) is 4.29. The van der Waals surface area contributed by atoms with Crippen LogP contribution in [-0.2, 0) is 11.3 Å². The second-order valence-corrected chi connectivity index (χ2v) is 5.35. The fraction of sp³-hybridized carbons (Fsp3) is 0.545. The van der Waals surface area contributed by atoms with Gasteiger partial charge in [0.25, 0.3) is 0 Å². The van der Waals surface area contributed by atoms with Crippen LogP contribution in [-0.4, -0.2) is 11.9 Å². The highest BCUT2D eigenvalue weighted by atomic mass is 32.1. The van der Waals surface area contributed by atoms with Gasteiger partial charge in [-0.05, 0) is 32.4 Å². The molecule has 1 aromatic rings. The van der Waals surface area contributed by atoms with Crippen molar-refractivity contribution in [1.29, 1.82) is 0 Å². The molecule has 3 nitrogen and oxygen atoms in total. The molecule has 1 atom stereocenters. The maximum Gasteiger partial charge on any atom is 0.218 e. The Morgan fingerprint density at radius 2 is 2.27 bits per heavy atom. The molecule has 0 aliphatic carbocycles. The van der Waals surface area contributed by atoms with Gasteiger partial charge in [0.1, 0.15) is 0 Å². The van der Waals surface area contributed by atoms with Crippen LogP contribution in [0.3, 0.4) is 0 Å². The van der Waals surface area contributed by atoms with Crippen molar-refractivity contribution < 1.29 is 4.79 Å². The first-order chi connectivity index (χ1) is 6.99. The van der Waals surface area contributed by atoms with Crippen LogP contribution in [0.1, 0.15) is 28.7 Å². The maximum absolute atomic E-state index is 10.7. The van der Waals surface area contributed by atoms with Crippen molar-refractivity contribution in [2.24, 2.45) is 5.73 Å². The molecule has 0 saturated carbocycles. The molecule has 1 heterocycles. The monoisotopic (exact) mass is 226 g/mol. The predicted molar refractivity (Wildman–Crippen MR) is 63.9 cm³/mol. The Bertz CT molecular complexity index is 346. The third-order valence-electron chi connectivity index (χ3n) is 2.29. The van der Waals surface area contributed by atoms with Crippen molar-refractivity contribution in [3.8, 4) is 0 Å². The lowest BCUT2D eigenvalue weighted by Crippen LogP contribution is -2.30. The number of carbonyl (C=O) groups is 1. The third kappa shape index (κ3) is 4.01. The molecule has 0 saturated heterocycles. The molecule has 0 aliphatic rings. The lowest BCUT2D eigenvalue weighted by atomic mass is 10.2. The van der Waals surface area contributed by atoms with Crippen molar-refractivity contribution >= 4 is 17.2 Å². The summed E-state index contributed by atoms with van der Waals surface area (Å²) in [7, 11) is 0. The van der Waals surface area contributed by atoms with Crippen molar-refractivity contribution in [1.82, 2.24) is 5.32 Å². The van der Waals surface area contributed by atoms with Crippen LogP contribution in [0.4, 0.5) is 0 Å². The topological polar surface area (TPSA) is 55.1 Å². The first-order valence-electron chi connectivity index (χ1n) is 5.06. The zero-order valence-corrected chi connectivity index (χ0v) is 10.3. The van der Waals surface area contributed by atoms with E-state index >= 15 is 0 Å². The Balaban J connectivity index is 2.43. The first kappa shape index (κ1) is 12.2. The van der Waals surface area contributed by atoms with E-state index < -0.39 is 0 Å². The largest absolute Gasteiger partial charge is 0.370 e. The van der Waals surface area contributed by atoms with Crippen molar-refractivity contribution in [2.75, 3.05) is 0 Å². The van der Waals surface area contributed by atoms with Gasteiger partial charge in [-0.1, -0.05) is 0 Å². The van der Waals surface area contributed by atoms with E-state index in [1.165, 1.54) is 15.3 Å². The molecule has 0 spiro atoms. The Morgan fingerprint density at radius 1 is 1.60 bits per heavy atom. The SMILES string of the molecule is Cc1cc(CNC(C)CC(N)=O)c(C)s1. The number of carbonyl (C=O) groups excluding carboxylic acids is 1. The van der Waals surface area contributed by atoms with Gasteiger partial charge in [-0.2, -0.15) is 0 Å². The number of nitrogens with two attached hydrogens (primary N) is 1. The summed E-state index contributed by atoms with van der Waals surface area (Å²) >= 11 is 1.80. The number of thiophene rings is 1. The molecule has 0 aromatic carbocycles. The number of amides is 1. The van der Waals surface area contributed by atoms with E-state index in [1.807, 2.05) is 6.92 Å². The van der Waals surface area contributed by atoms with Gasteiger partial charge < -0.3 is 11.1 Å². The summed E-state index contributed by atoms with van der Waals surface area (Å²) in [5, 5.41) is 3.29. The van der Waals surface area contributed by atoms with E-state index in [1.54, 1.807) is 11.3 Å². The molecule has 1 rings (SSSR count). The molecule has 84 valence electrons. The van der Waals surface area contributed by atoms with E-state index in [9.17, 15) is 4.79 Å². The number of hydrogen-bond acceptors (Lipinski definition) is 3. The van der Waals surface area contributed by atoms with Crippen molar-refractivity contribution in [3.05, 3.63) is 21.4 Å². The summed E-state index contributed by atoms with van der Waals surface area (Å²) in [6, 6.07) is 2.33. The molecule has 0 aliphatic heterocycles. The molecule has 0 radical (unpaired) electrons.